The third kappa shape index (κ3) is 1.99. The van der Waals surface area contributed by atoms with Crippen LogP contribution >= 0.6 is 0 Å². The number of H-pyrrole nitrogens is 1. The van der Waals surface area contributed by atoms with Gasteiger partial charge in [-0.1, -0.05) is 0 Å². The maximum absolute atomic E-state index is 11.6. The van der Waals surface area contributed by atoms with Crippen LogP contribution in [0.2, 0.25) is 0 Å². The monoisotopic (exact) mass is 263 g/mol. The molecule has 3 heterocycles. The average molecular weight is 263 g/mol. The normalized spacial score (nSPS) is 18.3. The molecule has 0 spiro atoms. The molecule has 0 aliphatic carbocycles. The van der Waals surface area contributed by atoms with E-state index in [1.165, 1.54) is 12.7 Å². The maximum atomic E-state index is 11.6. The Hall–Kier alpha value is -2.22. The number of aromatic amines is 1. The summed E-state index contributed by atoms with van der Waals surface area (Å²) in [5, 5.41) is 12.5. The quantitative estimate of drug-likeness (QED) is 0.734. The SMILES string of the molecule is O=C(O)C1(Nc2ncnc3nc[nH]c23)CCOCC1. The minimum Gasteiger partial charge on any atom is -0.480 e. The Kier molecular flexibility index (Phi) is 2.79. The van der Waals surface area contributed by atoms with Crippen molar-refractivity contribution in [2.75, 3.05) is 18.5 Å². The minimum absolute atomic E-state index is 0.391. The van der Waals surface area contributed by atoms with Crippen LogP contribution in [0.1, 0.15) is 12.8 Å². The van der Waals surface area contributed by atoms with Gasteiger partial charge in [-0.2, -0.15) is 0 Å². The number of rotatable bonds is 3. The molecule has 0 amide bonds. The number of hydrogen-bond donors (Lipinski definition) is 3. The summed E-state index contributed by atoms with van der Waals surface area (Å²) in [5.41, 5.74) is 0.0599. The second-order valence-electron chi connectivity index (χ2n) is 4.45. The van der Waals surface area contributed by atoms with Gasteiger partial charge in [0, 0.05) is 26.1 Å². The van der Waals surface area contributed by atoms with Gasteiger partial charge >= 0.3 is 5.97 Å². The van der Waals surface area contributed by atoms with Crippen LogP contribution in [0.4, 0.5) is 5.82 Å². The van der Waals surface area contributed by atoms with E-state index >= 15 is 0 Å². The van der Waals surface area contributed by atoms with Crippen LogP contribution in [-0.4, -0.2) is 49.8 Å². The highest BCUT2D eigenvalue weighted by Crippen LogP contribution is 2.27. The molecule has 1 saturated heterocycles. The van der Waals surface area contributed by atoms with Gasteiger partial charge in [-0.3, -0.25) is 0 Å². The first kappa shape index (κ1) is 11.8. The molecule has 0 unspecified atom stereocenters. The Morgan fingerprint density at radius 3 is 2.89 bits per heavy atom. The molecule has 0 aromatic carbocycles. The number of fused-ring (bicyclic) bond motifs is 1. The number of hydrogen-bond acceptors (Lipinski definition) is 6. The fraction of sp³-hybridized carbons (Fsp3) is 0.455. The number of carboxylic acids is 1. The molecule has 8 nitrogen and oxygen atoms in total. The molecule has 3 N–H and O–H groups in total. The largest absolute Gasteiger partial charge is 0.480 e. The van der Waals surface area contributed by atoms with E-state index in [1.807, 2.05) is 0 Å². The molecular weight excluding hydrogens is 250 g/mol. The Morgan fingerprint density at radius 1 is 1.37 bits per heavy atom. The number of carboxylic acid groups (broad SMARTS) is 1. The predicted octanol–water partition coefficient (Wildman–Crippen LogP) is 0.399. The summed E-state index contributed by atoms with van der Waals surface area (Å²) < 4.78 is 5.23. The lowest BCUT2D eigenvalue weighted by Crippen LogP contribution is -2.50. The lowest BCUT2D eigenvalue weighted by Gasteiger charge is -2.34. The van der Waals surface area contributed by atoms with Crippen molar-refractivity contribution >= 4 is 23.0 Å². The van der Waals surface area contributed by atoms with Crippen LogP contribution in [0.5, 0.6) is 0 Å². The zero-order chi connectivity index (χ0) is 13.3. The zero-order valence-corrected chi connectivity index (χ0v) is 10.1. The molecule has 1 aliphatic rings. The fourth-order valence-corrected chi connectivity index (χ4v) is 2.20. The number of nitrogens with one attached hydrogen (secondary N) is 2. The standard InChI is InChI=1S/C11H13N5O3/c17-10(18)11(1-3-19-4-2-11)16-9-7-8(13-5-12-7)14-6-15-9/h5-6H,1-4H2,(H,17,18)(H2,12,13,14,15,16). The molecule has 2 aromatic heterocycles. The number of aromatic nitrogens is 4. The molecule has 3 rings (SSSR count). The van der Waals surface area contributed by atoms with Crippen LogP contribution in [-0.2, 0) is 9.53 Å². The van der Waals surface area contributed by atoms with E-state index in [0.29, 0.717) is 43.0 Å². The van der Waals surface area contributed by atoms with E-state index in [0.717, 1.165) is 0 Å². The van der Waals surface area contributed by atoms with E-state index < -0.39 is 11.5 Å². The van der Waals surface area contributed by atoms with Crippen molar-refractivity contribution < 1.29 is 14.6 Å². The van der Waals surface area contributed by atoms with Crippen LogP contribution in [0.25, 0.3) is 11.2 Å². The molecule has 0 radical (unpaired) electrons. The zero-order valence-electron chi connectivity index (χ0n) is 10.1. The number of nitrogens with zero attached hydrogens (tertiary/aromatic N) is 3. The first-order valence-electron chi connectivity index (χ1n) is 5.95. The van der Waals surface area contributed by atoms with E-state index in [-0.39, 0.29) is 0 Å². The van der Waals surface area contributed by atoms with Gasteiger partial charge in [0.1, 0.15) is 17.4 Å². The highest BCUT2D eigenvalue weighted by molar-refractivity contribution is 5.88. The van der Waals surface area contributed by atoms with Gasteiger partial charge in [0.25, 0.3) is 0 Å². The Labute approximate surface area is 108 Å². The number of carbonyl (C=O) groups is 1. The van der Waals surface area contributed by atoms with Gasteiger partial charge in [-0.15, -0.1) is 0 Å². The fourth-order valence-electron chi connectivity index (χ4n) is 2.20. The summed E-state index contributed by atoms with van der Waals surface area (Å²) in [7, 11) is 0. The maximum Gasteiger partial charge on any atom is 0.329 e. The third-order valence-corrected chi connectivity index (χ3v) is 3.34. The number of ether oxygens (including phenoxy) is 1. The van der Waals surface area contributed by atoms with Crippen molar-refractivity contribution in [3.63, 3.8) is 0 Å². The third-order valence-electron chi connectivity index (χ3n) is 3.34. The summed E-state index contributed by atoms with van der Waals surface area (Å²) in [4.78, 5) is 26.6. The Morgan fingerprint density at radius 2 is 2.16 bits per heavy atom. The Bertz CT molecular complexity index is 605. The summed E-state index contributed by atoms with van der Waals surface area (Å²) in [5.74, 6) is -0.450. The highest BCUT2D eigenvalue weighted by Gasteiger charge is 2.41. The smallest absolute Gasteiger partial charge is 0.329 e. The lowest BCUT2D eigenvalue weighted by atomic mass is 9.90. The van der Waals surface area contributed by atoms with Gasteiger partial charge in [-0.25, -0.2) is 19.7 Å². The van der Waals surface area contributed by atoms with Crippen molar-refractivity contribution in [2.24, 2.45) is 0 Å². The van der Waals surface area contributed by atoms with Crippen LogP contribution in [0.15, 0.2) is 12.7 Å². The van der Waals surface area contributed by atoms with Crippen LogP contribution < -0.4 is 5.32 Å². The first-order chi connectivity index (χ1) is 9.21. The molecule has 1 fully saturated rings. The average Bonchev–Trinajstić information content (AvgIpc) is 2.89. The summed E-state index contributed by atoms with van der Waals surface area (Å²) in [6.07, 6.45) is 3.65. The van der Waals surface area contributed by atoms with Gasteiger partial charge in [-0.05, 0) is 0 Å². The van der Waals surface area contributed by atoms with Crippen molar-refractivity contribution in [1.29, 1.82) is 0 Å². The number of aliphatic carboxylic acids is 1. The van der Waals surface area contributed by atoms with Crippen LogP contribution in [0.3, 0.4) is 0 Å². The van der Waals surface area contributed by atoms with Crippen molar-refractivity contribution in [3.8, 4) is 0 Å². The lowest BCUT2D eigenvalue weighted by molar-refractivity contribution is -0.145. The van der Waals surface area contributed by atoms with E-state index in [4.69, 9.17) is 4.74 Å². The van der Waals surface area contributed by atoms with E-state index in [9.17, 15) is 9.90 Å². The van der Waals surface area contributed by atoms with Gasteiger partial charge in [0.2, 0.25) is 0 Å². The highest BCUT2D eigenvalue weighted by atomic mass is 16.5. The molecule has 1 aliphatic heterocycles. The van der Waals surface area contributed by atoms with Crippen molar-refractivity contribution in [2.45, 2.75) is 18.4 Å². The molecule has 0 atom stereocenters. The summed E-state index contributed by atoms with van der Waals surface area (Å²) >= 11 is 0. The first-order valence-corrected chi connectivity index (χ1v) is 5.95. The summed E-state index contributed by atoms with van der Waals surface area (Å²) in [6, 6.07) is 0. The number of anilines is 1. The molecular formula is C11H13N5O3. The topological polar surface area (TPSA) is 113 Å². The van der Waals surface area contributed by atoms with E-state index in [2.05, 4.69) is 25.3 Å². The van der Waals surface area contributed by atoms with Gasteiger partial charge in [0.05, 0.1) is 6.33 Å². The molecule has 19 heavy (non-hydrogen) atoms. The van der Waals surface area contributed by atoms with Crippen molar-refractivity contribution in [3.05, 3.63) is 12.7 Å². The predicted molar refractivity (Wildman–Crippen MR) is 65.7 cm³/mol. The molecule has 8 heteroatoms. The van der Waals surface area contributed by atoms with Gasteiger partial charge < -0.3 is 20.1 Å². The minimum atomic E-state index is -1.05. The Balaban J connectivity index is 1.98. The van der Waals surface area contributed by atoms with Gasteiger partial charge in [0.15, 0.2) is 11.5 Å². The van der Waals surface area contributed by atoms with Crippen molar-refractivity contribution in [1.82, 2.24) is 19.9 Å². The molecule has 100 valence electrons. The second-order valence-corrected chi connectivity index (χ2v) is 4.45. The molecule has 2 aromatic rings. The van der Waals surface area contributed by atoms with Crippen LogP contribution in [0, 0.1) is 0 Å². The van der Waals surface area contributed by atoms with E-state index in [1.54, 1.807) is 0 Å². The molecule has 0 saturated carbocycles. The number of imidazole rings is 1. The summed E-state index contributed by atoms with van der Waals surface area (Å²) in [6.45, 7) is 0.826. The second kappa shape index (κ2) is 4.47. The molecule has 0 bridgehead atoms.